The van der Waals surface area contributed by atoms with Gasteiger partial charge in [0.05, 0.1) is 0 Å². The van der Waals surface area contributed by atoms with Crippen LogP contribution in [0.1, 0.15) is 82.1 Å². The number of carbonyl (C=O) groups excluding carboxylic acids is 1. The monoisotopic (exact) mass is 375 g/mol. The van der Waals surface area contributed by atoms with Crippen molar-refractivity contribution in [2.24, 2.45) is 22.7 Å². The highest BCUT2D eigenvalue weighted by Crippen LogP contribution is 2.26. The van der Waals surface area contributed by atoms with Gasteiger partial charge in [0.1, 0.15) is 0 Å². The van der Waals surface area contributed by atoms with Gasteiger partial charge in [0.25, 0.3) is 0 Å². The number of hydrogen-bond acceptors (Lipinski definition) is 2. The molecule has 27 heavy (non-hydrogen) atoms. The second-order valence-corrected chi connectivity index (χ2v) is 10.8. The fraction of sp³-hybridized carbons (Fsp3) is 0.720. The Morgan fingerprint density at radius 3 is 1.56 bits per heavy atom. The van der Waals surface area contributed by atoms with Gasteiger partial charge in [-0.05, 0) is 41.7 Å². The van der Waals surface area contributed by atoms with Crippen molar-refractivity contribution in [3.63, 3.8) is 0 Å². The van der Waals surface area contributed by atoms with Gasteiger partial charge >= 0.3 is 0 Å². The third kappa shape index (κ3) is 12.0. The SMILES string of the molecule is C=C(/C=C(\CNC/C(=C\C(=O)C(C)(C)C)CC(C)C)CC(C)C)C(C)(C)C. The maximum atomic E-state index is 12.4. The maximum Gasteiger partial charge on any atom is 0.160 e. The van der Waals surface area contributed by atoms with Crippen molar-refractivity contribution >= 4 is 5.78 Å². The zero-order chi connectivity index (χ0) is 21.4. The van der Waals surface area contributed by atoms with Crippen LogP contribution in [0.2, 0.25) is 0 Å². The van der Waals surface area contributed by atoms with Crippen LogP contribution in [0, 0.1) is 22.7 Å². The van der Waals surface area contributed by atoms with Gasteiger partial charge in [-0.2, -0.15) is 0 Å². The lowest BCUT2D eigenvalue weighted by atomic mass is 9.85. The van der Waals surface area contributed by atoms with E-state index in [9.17, 15) is 4.79 Å². The van der Waals surface area contributed by atoms with E-state index in [1.807, 2.05) is 26.8 Å². The van der Waals surface area contributed by atoms with Gasteiger partial charge in [0.15, 0.2) is 5.78 Å². The maximum absolute atomic E-state index is 12.4. The van der Waals surface area contributed by atoms with Crippen LogP contribution in [0.3, 0.4) is 0 Å². The average Bonchev–Trinajstić information content (AvgIpc) is 2.43. The summed E-state index contributed by atoms with van der Waals surface area (Å²) in [7, 11) is 0. The zero-order valence-electron chi connectivity index (χ0n) is 19.8. The van der Waals surface area contributed by atoms with Crippen LogP contribution in [0.5, 0.6) is 0 Å². The minimum absolute atomic E-state index is 0.0874. The second-order valence-electron chi connectivity index (χ2n) is 10.8. The lowest BCUT2D eigenvalue weighted by Crippen LogP contribution is -2.24. The molecule has 0 rings (SSSR count). The summed E-state index contributed by atoms with van der Waals surface area (Å²) < 4.78 is 0. The summed E-state index contributed by atoms with van der Waals surface area (Å²) in [5, 5.41) is 3.58. The van der Waals surface area contributed by atoms with E-state index in [-0.39, 0.29) is 16.6 Å². The normalized spacial score (nSPS) is 14.2. The fourth-order valence-electron chi connectivity index (χ4n) is 2.66. The first-order valence-corrected chi connectivity index (χ1v) is 10.5. The first-order valence-electron chi connectivity index (χ1n) is 10.5. The van der Waals surface area contributed by atoms with Crippen LogP contribution >= 0.6 is 0 Å². The van der Waals surface area contributed by atoms with E-state index < -0.39 is 0 Å². The molecule has 0 saturated carbocycles. The van der Waals surface area contributed by atoms with E-state index in [1.165, 1.54) is 16.7 Å². The van der Waals surface area contributed by atoms with E-state index in [0.29, 0.717) is 11.8 Å². The van der Waals surface area contributed by atoms with Gasteiger partial charge in [-0.3, -0.25) is 4.79 Å². The molecule has 0 atom stereocenters. The molecule has 0 aliphatic heterocycles. The topological polar surface area (TPSA) is 29.1 Å². The van der Waals surface area contributed by atoms with Gasteiger partial charge < -0.3 is 5.32 Å². The average molecular weight is 376 g/mol. The predicted molar refractivity (Wildman–Crippen MR) is 121 cm³/mol. The van der Waals surface area contributed by atoms with E-state index >= 15 is 0 Å². The molecule has 0 aromatic rings. The Kier molecular flexibility index (Phi) is 10.5. The van der Waals surface area contributed by atoms with Gasteiger partial charge in [0.2, 0.25) is 0 Å². The van der Waals surface area contributed by atoms with E-state index in [1.54, 1.807) is 0 Å². The van der Waals surface area contributed by atoms with E-state index in [4.69, 9.17) is 0 Å². The summed E-state index contributed by atoms with van der Waals surface area (Å²) in [5.41, 5.74) is 3.51. The van der Waals surface area contributed by atoms with Gasteiger partial charge in [-0.15, -0.1) is 0 Å². The number of rotatable bonds is 10. The molecule has 0 fully saturated rings. The summed E-state index contributed by atoms with van der Waals surface area (Å²) in [5.74, 6) is 1.36. The summed E-state index contributed by atoms with van der Waals surface area (Å²) >= 11 is 0. The van der Waals surface area contributed by atoms with Crippen LogP contribution < -0.4 is 5.32 Å². The third-order valence-corrected chi connectivity index (χ3v) is 4.46. The zero-order valence-corrected chi connectivity index (χ0v) is 19.8. The molecule has 0 spiro atoms. The Balaban J connectivity index is 5.16. The molecule has 0 aliphatic carbocycles. The largest absolute Gasteiger partial charge is 0.309 e. The fourth-order valence-corrected chi connectivity index (χ4v) is 2.66. The van der Waals surface area contributed by atoms with Crippen LogP contribution in [0.4, 0.5) is 0 Å². The molecule has 0 heterocycles. The molecule has 0 aromatic carbocycles. The second kappa shape index (κ2) is 11.0. The minimum Gasteiger partial charge on any atom is -0.309 e. The Morgan fingerprint density at radius 1 is 0.815 bits per heavy atom. The molecule has 0 amide bonds. The first-order chi connectivity index (χ1) is 12.1. The highest BCUT2D eigenvalue weighted by molar-refractivity contribution is 5.94. The smallest absolute Gasteiger partial charge is 0.160 e. The van der Waals surface area contributed by atoms with Crippen molar-refractivity contribution in [2.45, 2.75) is 82.1 Å². The summed E-state index contributed by atoms with van der Waals surface area (Å²) in [6.45, 7) is 27.3. The van der Waals surface area contributed by atoms with Crippen LogP contribution in [-0.4, -0.2) is 18.9 Å². The van der Waals surface area contributed by atoms with Gasteiger partial charge in [-0.1, -0.05) is 93.0 Å². The highest BCUT2D eigenvalue weighted by atomic mass is 16.1. The molecule has 0 unspecified atom stereocenters. The number of ketones is 1. The van der Waals surface area contributed by atoms with E-state index in [2.05, 4.69) is 66.4 Å². The van der Waals surface area contributed by atoms with Gasteiger partial charge in [-0.25, -0.2) is 0 Å². The van der Waals surface area contributed by atoms with Crippen molar-refractivity contribution in [2.75, 3.05) is 13.1 Å². The minimum atomic E-state index is -0.324. The van der Waals surface area contributed by atoms with Crippen molar-refractivity contribution in [1.29, 1.82) is 0 Å². The standard InChI is InChI=1S/C25H45NO/c1-18(2)12-21(14-20(5)24(6,7)8)16-26-17-22(13-19(3)4)15-23(27)25(9,10)11/h14-15,18-19,26H,5,12-13,16-17H2,1-4,6-11H3/b21-14-,22-15-. The first kappa shape index (κ1) is 25.9. The van der Waals surface area contributed by atoms with Crippen molar-refractivity contribution < 1.29 is 4.79 Å². The van der Waals surface area contributed by atoms with Crippen molar-refractivity contribution in [3.05, 3.63) is 35.5 Å². The van der Waals surface area contributed by atoms with Crippen LogP contribution in [0.25, 0.3) is 0 Å². The Labute approximate surface area is 169 Å². The Morgan fingerprint density at radius 2 is 1.22 bits per heavy atom. The van der Waals surface area contributed by atoms with Crippen molar-refractivity contribution in [3.8, 4) is 0 Å². The number of nitrogens with one attached hydrogen (secondary N) is 1. The van der Waals surface area contributed by atoms with Crippen molar-refractivity contribution in [1.82, 2.24) is 5.32 Å². The van der Waals surface area contributed by atoms with Crippen LogP contribution in [-0.2, 0) is 4.79 Å². The summed E-state index contributed by atoms with van der Waals surface area (Å²) in [6.07, 6.45) is 6.14. The molecule has 1 N–H and O–H groups in total. The Bertz CT molecular complexity index is 498. The molecule has 0 saturated heterocycles. The quantitative estimate of drug-likeness (QED) is 0.338. The molecule has 2 heteroatoms. The third-order valence-electron chi connectivity index (χ3n) is 4.46. The molecular weight excluding hydrogens is 330 g/mol. The molecule has 0 radical (unpaired) electrons. The number of allylic oxidation sites excluding steroid dienone is 3. The molecular formula is C25H45NO. The molecule has 2 nitrogen and oxygen atoms in total. The lowest BCUT2D eigenvalue weighted by Gasteiger charge is -2.22. The predicted octanol–water partition coefficient (Wildman–Crippen LogP) is 6.74. The van der Waals surface area contributed by atoms with E-state index in [0.717, 1.165) is 25.9 Å². The van der Waals surface area contributed by atoms with Crippen LogP contribution in [0.15, 0.2) is 35.5 Å². The number of carbonyl (C=O) groups is 1. The highest BCUT2D eigenvalue weighted by Gasteiger charge is 2.20. The Hall–Kier alpha value is -1.15. The molecule has 0 aliphatic rings. The molecule has 156 valence electrons. The lowest BCUT2D eigenvalue weighted by molar-refractivity contribution is -0.121. The molecule has 0 aromatic heterocycles. The summed E-state index contributed by atoms with van der Waals surface area (Å²) in [4.78, 5) is 12.4. The molecule has 0 bridgehead atoms. The number of hydrogen-bond donors (Lipinski definition) is 1. The summed E-state index contributed by atoms with van der Waals surface area (Å²) in [6, 6.07) is 0. The van der Waals surface area contributed by atoms with Gasteiger partial charge in [0, 0.05) is 18.5 Å².